The van der Waals surface area contributed by atoms with Crippen molar-refractivity contribution in [3.8, 4) is 0 Å². The van der Waals surface area contributed by atoms with Crippen molar-refractivity contribution in [3.63, 3.8) is 0 Å². The third-order valence-corrected chi connectivity index (χ3v) is 4.17. The average molecular weight is 468 g/mol. The van der Waals surface area contributed by atoms with Gasteiger partial charge in [0.2, 0.25) is 0 Å². The van der Waals surface area contributed by atoms with Crippen LogP contribution in [-0.4, -0.2) is 17.4 Å². The maximum atomic E-state index is 4.76. The van der Waals surface area contributed by atoms with Crippen molar-refractivity contribution < 1.29 is 13.1 Å². The molecule has 0 spiro atoms. The SMILES string of the molecule is Cc1ccc(N=Cc2cccc(C=Nc3ccc(C)cc3C)n2)c(C)c1.[Cl][Fe][Cl]. The third kappa shape index (κ3) is 7.75. The number of halogens is 2. The molecule has 0 aliphatic heterocycles. The number of aryl methyl sites for hydroxylation is 4. The van der Waals surface area contributed by atoms with E-state index in [1.54, 1.807) is 12.4 Å². The molecule has 0 saturated carbocycles. The van der Waals surface area contributed by atoms with Crippen LogP contribution in [0.2, 0.25) is 0 Å². The second-order valence-electron chi connectivity index (χ2n) is 6.63. The topological polar surface area (TPSA) is 37.6 Å². The van der Waals surface area contributed by atoms with Crippen molar-refractivity contribution in [2.24, 2.45) is 9.98 Å². The van der Waals surface area contributed by atoms with Crippen molar-refractivity contribution in [2.75, 3.05) is 0 Å². The van der Waals surface area contributed by atoms with Gasteiger partial charge in [-0.3, -0.25) is 9.98 Å². The molecule has 0 amide bonds. The first-order chi connectivity index (χ1) is 13.9. The number of hydrogen-bond donors (Lipinski definition) is 0. The van der Waals surface area contributed by atoms with Gasteiger partial charge in [-0.2, -0.15) is 0 Å². The zero-order valence-electron chi connectivity index (χ0n) is 16.8. The van der Waals surface area contributed by atoms with Crippen LogP contribution in [0, 0.1) is 27.7 Å². The van der Waals surface area contributed by atoms with Gasteiger partial charge in [0.25, 0.3) is 0 Å². The van der Waals surface area contributed by atoms with Gasteiger partial charge in [-0.25, -0.2) is 4.98 Å². The third-order valence-electron chi connectivity index (χ3n) is 4.17. The Kier molecular flexibility index (Phi) is 9.56. The minimum absolute atomic E-state index is 0.194. The Morgan fingerprint density at radius 3 is 1.52 bits per heavy atom. The fraction of sp³-hybridized carbons (Fsp3) is 0.174. The van der Waals surface area contributed by atoms with Crippen LogP contribution < -0.4 is 0 Å². The average Bonchev–Trinajstić information content (AvgIpc) is 2.68. The molecular formula is C23H23Cl2FeN3. The molecule has 3 rings (SSSR count). The number of nitrogens with zero attached hydrogens (tertiary/aromatic N) is 3. The number of aliphatic imine (C=N–C) groups is 2. The molecule has 0 bridgehead atoms. The molecule has 0 aliphatic carbocycles. The van der Waals surface area contributed by atoms with E-state index in [4.69, 9.17) is 20.2 Å². The van der Waals surface area contributed by atoms with E-state index in [0.717, 1.165) is 33.9 Å². The van der Waals surface area contributed by atoms with E-state index in [1.807, 2.05) is 30.3 Å². The normalized spacial score (nSPS) is 11.1. The molecule has 3 aromatic rings. The zero-order chi connectivity index (χ0) is 21.2. The van der Waals surface area contributed by atoms with Crippen molar-refractivity contribution in [2.45, 2.75) is 27.7 Å². The second-order valence-corrected chi connectivity index (χ2v) is 8.46. The van der Waals surface area contributed by atoms with Gasteiger partial charge in [0.1, 0.15) is 0 Å². The maximum absolute atomic E-state index is 4.76. The summed E-state index contributed by atoms with van der Waals surface area (Å²) in [6, 6.07) is 18.3. The molecule has 152 valence electrons. The van der Waals surface area contributed by atoms with Crippen LogP contribution >= 0.6 is 20.2 Å². The summed E-state index contributed by atoms with van der Waals surface area (Å²) < 4.78 is 0. The number of aromatic nitrogens is 1. The molecule has 0 fully saturated rings. The van der Waals surface area contributed by atoms with Gasteiger partial charge in [0, 0.05) is 0 Å². The van der Waals surface area contributed by atoms with Gasteiger partial charge >= 0.3 is 33.3 Å². The Morgan fingerprint density at radius 2 is 1.14 bits per heavy atom. The van der Waals surface area contributed by atoms with E-state index >= 15 is 0 Å². The summed E-state index contributed by atoms with van der Waals surface area (Å²) in [6.07, 6.45) is 3.60. The Labute approximate surface area is 187 Å². The van der Waals surface area contributed by atoms with E-state index in [1.165, 1.54) is 11.1 Å². The number of rotatable bonds is 4. The molecule has 6 heteroatoms. The fourth-order valence-electron chi connectivity index (χ4n) is 2.78. The monoisotopic (exact) mass is 467 g/mol. The standard InChI is InChI=1S/C23H23N3.2ClH.Fe/c1-16-8-10-22(18(3)12-16)24-14-20-6-5-7-21(26-20)15-25-23-11-9-17(2)13-19(23)4;;;/h5-15H,1-4H3;2*1H;/q;;;+2/p-2. The van der Waals surface area contributed by atoms with E-state index in [0.29, 0.717) is 0 Å². The van der Waals surface area contributed by atoms with Crippen LogP contribution in [0.4, 0.5) is 11.4 Å². The van der Waals surface area contributed by atoms with Crippen LogP contribution in [0.1, 0.15) is 33.6 Å². The quantitative estimate of drug-likeness (QED) is 0.295. The molecule has 0 saturated heterocycles. The van der Waals surface area contributed by atoms with Crippen molar-refractivity contribution >= 4 is 44.0 Å². The predicted molar refractivity (Wildman–Crippen MR) is 122 cm³/mol. The summed E-state index contributed by atoms with van der Waals surface area (Å²) in [5, 5.41) is 0. The summed E-state index contributed by atoms with van der Waals surface area (Å²) in [4.78, 5) is 13.7. The van der Waals surface area contributed by atoms with Crippen molar-refractivity contribution in [1.29, 1.82) is 0 Å². The molecule has 0 unspecified atom stereocenters. The molecule has 29 heavy (non-hydrogen) atoms. The number of hydrogen-bond acceptors (Lipinski definition) is 3. The molecular weight excluding hydrogens is 445 g/mol. The van der Waals surface area contributed by atoms with E-state index in [-0.39, 0.29) is 13.1 Å². The molecule has 2 aromatic carbocycles. The Bertz CT molecular complexity index is 940. The Morgan fingerprint density at radius 1 is 0.724 bits per heavy atom. The fourth-order valence-corrected chi connectivity index (χ4v) is 2.78. The molecule has 0 N–H and O–H groups in total. The first-order valence-electron chi connectivity index (χ1n) is 8.98. The van der Waals surface area contributed by atoms with Crippen LogP contribution in [0.25, 0.3) is 0 Å². The van der Waals surface area contributed by atoms with Crippen LogP contribution in [-0.2, 0) is 13.1 Å². The summed E-state index contributed by atoms with van der Waals surface area (Å²) in [5.41, 5.74) is 8.36. The van der Waals surface area contributed by atoms with E-state index in [2.05, 4.69) is 66.9 Å². The van der Waals surface area contributed by atoms with Gasteiger partial charge in [-0.1, -0.05) is 41.5 Å². The van der Waals surface area contributed by atoms with Crippen LogP contribution in [0.5, 0.6) is 0 Å². The number of pyridine rings is 1. The molecule has 0 atom stereocenters. The molecule has 1 aromatic heterocycles. The van der Waals surface area contributed by atoms with Gasteiger partial charge in [-0.05, 0) is 63.1 Å². The second kappa shape index (κ2) is 11.9. The Hall–Kier alpha value is -1.97. The van der Waals surface area contributed by atoms with Gasteiger partial charge in [0.15, 0.2) is 0 Å². The van der Waals surface area contributed by atoms with Gasteiger partial charge in [0.05, 0.1) is 35.2 Å². The Balaban J connectivity index is 0.000000941. The molecule has 0 aliphatic rings. The van der Waals surface area contributed by atoms with Gasteiger partial charge in [-0.15, -0.1) is 0 Å². The van der Waals surface area contributed by atoms with Crippen LogP contribution in [0.15, 0.2) is 64.6 Å². The predicted octanol–water partition coefficient (Wildman–Crippen LogP) is 7.19. The van der Waals surface area contributed by atoms with E-state index < -0.39 is 0 Å². The van der Waals surface area contributed by atoms with E-state index in [9.17, 15) is 0 Å². The van der Waals surface area contributed by atoms with Gasteiger partial charge < -0.3 is 0 Å². The summed E-state index contributed by atoms with van der Waals surface area (Å²) in [6.45, 7) is 8.31. The minimum atomic E-state index is 0.194. The molecule has 1 heterocycles. The first kappa shape index (κ1) is 23.3. The zero-order valence-corrected chi connectivity index (χ0v) is 19.4. The summed E-state index contributed by atoms with van der Waals surface area (Å²) in [5.74, 6) is 0. The van der Waals surface area contributed by atoms with Crippen molar-refractivity contribution in [3.05, 3.63) is 88.2 Å². The summed E-state index contributed by atoms with van der Waals surface area (Å²) >= 11 is 0.194. The molecule has 3 nitrogen and oxygen atoms in total. The van der Waals surface area contributed by atoms with Crippen LogP contribution in [0.3, 0.4) is 0 Å². The van der Waals surface area contributed by atoms with Crippen molar-refractivity contribution in [1.82, 2.24) is 4.98 Å². The molecule has 0 radical (unpaired) electrons. The first-order valence-corrected chi connectivity index (χ1v) is 12.0. The summed E-state index contributed by atoms with van der Waals surface area (Å²) in [7, 11) is 9.53. The number of benzene rings is 2.